The highest BCUT2D eigenvalue weighted by molar-refractivity contribution is 6.50. The minimum atomic E-state index is 0.452. The highest BCUT2D eigenvalue weighted by Gasteiger charge is 2.04. The second-order valence-corrected chi connectivity index (χ2v) is 3.36. The van der Waals surface area contributed by atoms with Gasteiger partial charge in [-0.2, -0.15) is 0 Å². The highest BCUT2D eigenvalue weighted by Crippen LogP contribution is 2.27. The first-order valence-corrected chi connectivity index (χ1v) is 4.66. The number of carbonyl (C=O) groups is 1. The monoisotopic (exact) mass is 209 g/mol. The highest BCUT2D eigenvalue weighted by atomic mass is 35.5. The molecular weight excluding hydrogens is 198 g/mol. The van der Waals surface area contributed by atoms with E-state index in [4.69, 9.17) is 11.6 Å². The maximum absolute atomic E-state index is 10.3. The van der Waals surface area contributed by atoms with E-state index >= 15 is 0 Å². The fourth-order valence-corrected chi connectivity index (χ4v) is 1.43. The van der Waals surface area contributed by atoms with Crippen molar-refractivity contribution in [2.75, 3.05) is 12.4 Å². The zero-order valence-electron chi connectivity index (χ0n) is 8.17. The molecule has 3 heteroatoms. The second-order valence-electron chi connectivity index (χ2n) is 2.95. The molecule has 0 aliphatic heterocycles. The van der Waals surface area contributed by atoms with Gasteiger partial charge < -0.3 is 5.32 Å². The van der Waals surface area contributed by atoms with Gasteiger partial charge in [-0.15, -0.1) is 0 Å². The fourth-order valence-electron chi connectivity index (χ4n) is 1.22. The van der Waals surface area contributed by atoms with Gasteiger partial charge in [0.2, 0.25) is 0 Å². The zero-order valence-corrected chi connectivity index (χ0v) is 8.93. The molecule has 1 aromatic rings. The third kappa shape index (κ3) is 2.36. The van der Waals surface area contributed by atoms with E-state index in [-0.39, 0.29) is 0 Å². The number of anilines is 1. The molecule has 1 N–H and O–H groups in total. The number of rotatable bonds is 3. The molecule has 0 atom stereocenters. The summed E-state index contributed by atoms with van der Waals surface area (Å²) in [4.78, 5) is 10.3. The van der Waals surface area contributed by atoms with Gasteiger partial charge in [-0.05, 0) is 25.1 Å². The van der Waals surface area contributed by atoms with Crippen molar-refractivity contribution in [3.63, 3.8) is 0 Å². The lowest BCUT2D eigenvalue weighted by Gasteiger charge is -2.08. The van der Waals surface area contributed by atoms with E-state index in [1.807, 2.05) is 32.2 Å². The van der Waals surface area contributed by atoms with Gasteiger partial charge >= 0.3 is 0 Å². The largest absolute Gasteiger partial charge is 0.388 e. The predicted octanol–water partition coefficient (Wildman–Crippen LogP) is 2.82. The van der Waals surface area contributed by atoms with Gasteiger partial charge in [0.05, 0.1) is 5.03 Å². The van der Waals surface area contributed by atoms with E-state index in [1.165, 1.54) is 6.08 Å². The summed E-state index contributed by atoms with van der Waals surface area (Å²) in [5, 5.41) is 3.47. The molecule has 0 aliphatic rings. The standard InChI is InChI=1S/C11H12ClNO/c1-8-3-4-11(13-2)9(7-8)10(12)5-6-14/h3-7,13H,1-2H3/b10-5+. The summed E-state index contributed by atoms with van der Waals surface area (Å²) < 4.78 is 0. The number of hydrogen-bond donors (Lipinski definition) is 1. The van der Waals surface area contributed by atoms with Crippen LogP contribution < -0.4 is 5.32 Å². The molecule has 1 aromatic carbocycles. The smallest absolute Gasteiger partial charge is 0.144 e. The minimum Gasteiger partial charge on any atom is -0.388 e. The minimum absolute atomic E-state index is 0.452. The van der Waals surface area contributed by atoms with Crippen LogP contribution in [0.5, 0.6) is 0 Å². The summed E-state index contributed by atoms with van der Waals surface area (Å²) in [7, 11) is 1.82. The van der Waals surface area contributed by atoms with Crippen molar-refractivity contribution in [3.8, 4) is 0 Å². The Morgan fingerprint density at radius 1 is 1.50 bits per heavy atom. The van der Waals surface area contributed by atoms with Crippen LogP contribution in [-0.4, -0.2) is 13.3 Å². The molecule has 0 fully saturated rings. The van der Waals surface area contributed by atoms with Crippen LogP contribution in [0.15, 0.2) is 24.3 Å². The van der Waals surface area contributed by atoms with Crippen LogP contribution in [0.4, 0.5) is 5.69 Å². The second kappa shape index (κ2) is 4.82. The Morgan fingerprint density at radius 2 is 2.21 bits per heavy atom. The van der Waals surface area contributed by atoms with Gasteiger partial charge in [-0.1, -0.05) is 23.2 Å². The Kier molecular flexibility index (Phi) is 3.72. The van der Waals surface area contributed by atoms with Crippen LogP contribution in [0.3, 0.4) is 0 Å². The van der Waals surface area contributed by atoms with Crippen LogP contribution in [0.25, 0.3) is 5.03 Å². The molecule has 74 valence electrons. The summed E-state index contributed by atoms with van der Waals surface area (Å²) in [6, 6.07) is 5.86. The Morgan fingerprint density at radius 3 is 2.79 bits per heavy atom. The molecule has 0 heterocycles. The van der Waals surface area contributed by atoms with E-state index in [9.17, 15) is 4.79 Å². The van der Waals surface area contributed by atoms with Crippen LogP contribution in [-0.2, 0) is 4.79 Å². The quantitative estimate of drug-likeness (QED) is 0.613. The summed E-state index contributed by atoms with van der Waals surface area (Å²) in [6.45, 7) is 1.98. The Bertz CT molecular complexity index is 372. The molecule has 0 unspecified atom stereocenters. The number of carbonyl (C=O) groups excluding carboxylic acids is 1. The van der Waals surface area contributed by atoms with Crippen LogP contribution in [0.2, 0.25) is 0 Å². The third-order valence-electron chi connectivity index (χ3n) is 1.92. The number of aryl methyl sites for hydroxylation is 1. The number of halogens is 1. The molecule has 0 spiro atoms. The summed E-state index contributed by atoms with van der Waals surface area (Å²) in [5.41, 5.74) is 2.87. The van der Waals surface area contributed by atoms with Crippen LogP contribution in [0.1, 0.15) is 11.1 Å². The number of hydrogen-bond acceptors (Lipinski definition) is 2. The van der Waals surface area contributed by atoms with E-state index < -0.39 is 0 Å². The van der Waals surface area contributed by atoms with Gasteiger partial charge in [-0.3, -0.25) is 4.79 Å². The lowest BCUT2D eigenvalue weighted by Crippen LogP contribution is -1.93. The van der Waals surface area contributed by atoms with Gasteiger partial charge in [0.15, 0.2) is 0 Å². The van der Waals surface area contributed by atoms with Crippen molar-refractivity contribution in [1.82, 2.24) is 0 Å². The molecule has 0 bridgehead atoms. The van der Waals surface area contributed by atoms with Gasteiger partial charge in [0.25, 0.3) is 0 Å². The van der Waals surface area contributed by atoms with Crippen LogP contribution in [0, 0.1) is 6.92 Å². The molecule has 1 rings (SSSR count). The lowest BCUT2D eigenvalue weighted by atomic mass is 10.1. The van der Waals surface area contributed by atoms with E-state index in [0.717, 1.165) is 16.8 Å². The predicted molar refractivity (Wildman–Crippen MR) is 60.6 cm³/mol. The molecule has 14 heavy (non-hydrogen) atoms. The van der Waals surface area contributed by atoms with Crippen molar-refractivity contribution >= 4 is 28.6 Å². The Labute approximate surface area is 88.6 Å². The average Bonchev–Trinajstić information content (AvgIpc) is 2.18. The van der Waals surface area contributed by atoms with Gasteiger partial charge in [-0.25, -0.2) is 0 Å². The molecular formula is C11H12ClNO. The molecule has 0 radical (unpaired) electrons. The molecule has 0 saturated heterocycles. The van der Waals surface area contributed by atoms with E-state index in [2.05, 4.69) is 5.32 Å². The molecule has 0 aliphatic carbocycles. The van der Waals surface area contributed by atoms with Gasteiger partial charge in [0.1, 0.15) is 6.29 Å². The van der Waals surface area contributed by atoms with E-state index in [1.54, 1.807) is 0 Å². The molecule has 2 nitrogen and oxygen atoms in total. The topological polar surface area (TPSA) is 29.1 Å². The van der Waals surface area contributed by atoms with Crippen molar-refractivity contribution in [3.05, 3.63) is 35.4 Å². The first-order valence-electron chi connectivity index (χ1n) is 4.28. The normalized spacial score (nSPS) is 11.2. The number of allylic oxidation sites excluding steroid dienone is 1. The Hall–Kier alpha value is -1.28. The summed E-state index contributed by atoms with van der Waals surface area (Å²) >= 11 is 5.95. The van der Waals surface area contributed by atoms with Crippen molar-refractivity contribution in [1.29, 1.82) is 0 Å². The maximum atomic E-state index is 10.3. The van der Waals surface area contributed by atoms with E-state index in [0.29, 0.717) is 11.3 Å². The molecule has 0 aromatic heterocycles. The van der Waals surface area contributed by atoms with Crippen molar-refractivity contribution in [2.24, 2.45) is 0 Å². The molecule has 0 saturated carbocycles. The number of nitrogens with one attached hydrogen (secondary N) is 1. The summed E-state index contributed by atoms with van der Waals surface area (Å²) in [6.07, 6.45) is 2.03. The Balaban J connectivity index is 3.23. The maximum Gasteiger partial charge on any atom is 0.144 e. The van der Waals surface area contributed by atoms with Gasteiger partial charge in [0, 0.05) is 18.3 Å². The average molecular weight is 210 g/mol. The SMILES string of the molecule is CNc1ccc(C)cc1/C(Cl)=C\C=O. The summed E-state index contributed by atoms with van der Waals surface area (Å²) in [5.74, 6) is 0. The third-order valence-corrected chi connectivity index (χ3v) is 2.25. The first-order chi connectivity index (χ1) is 6.69. The van der Waals surface area contributed by atoms with Crippen molar-refractivity contribution in [2.45, 2.75) is 6.92 Å². The zero-order chi connectivity index (χ0) is 10.6. The lowest BCUT2D eigenvalue weighted by molar-refractivity contribution is -0.104. The van der Waals surface area contributed by atoms with Crippen LogP contribution >= 0.6 is 11.6 Å². The first kappa shape index (κ1) is 10.8. The molecule has 0 amide bonds. The fraction of sp³-hybridized carbons (Fsp3) is 0.182. The number of benzene rings is 1. The number of aldehydes is 1. The van der Waals surface area contributed by atoms with Crippen molar-refractivity contribution < 1.29 is 4.79 Å².